The summed E-state index contributed by atoms with van der Waals surface area (Å²) in [6.45, 7) is 0. The average Bonchev–Trinajstić information content (AvgIpc) is 2.64. The fourth-order valence-corrected chi connectivity index (χ4v) is 1.54. The summed E-state index contributed by atoms with van der Waals surface area (Å²) < 4.78 is 1.74. The minimum absolute atomic E-state index is 0.547. The van der Waals surface area contributed by atoms with E-state index in [9.17, 15) is 4.79 Å². The number of nitrogens with one attached hydrogen (secondary N) is 1. The molecule has 0 unspecified atom stereocenters. The van der Waals surface area contributed by atoms with Gasteiger partial charge >= 0.3 is 6.09 Å². The van der Waals surface area contributed by atoms with E-state index >= 15 is 0 Å². The molecule has 1 heterocycles. The third kappa shape index (κ3) is 2.03. The molecule has 0 radical (unpaired) electrons. The highest BCUT2D eigenvalue weighted by Crippen LogP contribution is 2.21. The lowest BCUT2D eigenvalue weighted by molar-refractivity contribution is 0.210. The van der Waals surface area contributed by atoms with E-state index in [-0.39, 0.29) is 0 Å². The Bertz CT molecular complexity index is 519. The van der Waals surface area contributed by atoms with Crippen molar-refractivity contribution in [3.8, 4) is 11.3 Å². The predicted octanol–water partition coefficient (Wildman–Crippen LogP) is 2.18. The molecular formula is C11H11N3O2. The highest BCUT2D eigenvalue weighted by Gasteiger charge is 2.04. The molecule has 0 aliphatic rings. The van der Waals surface area contributed by atoms with Gasteiger partial charge in [0, 0.05) is 24.5 Å². The number of aryl methyl sites for hydroxylation is 1. The second-order valence-corrected chi connectivity index (χ2v) is 3.35. The molecule has 0 atom stereocenters. The van der Waals surface area contributed by atoms with Crippen molar-refractivity contribution in [3.63, 3.8) is 0 Å². The van der Waals surface area contributed by atoms with E-state index in [2.05, 4.69) is 10.4 Å². The molecule has 5 nitrogen and oxygen atoms in total. The van der Waals surface area contributed by atoms with Crippen molar-refractivity contribution in [1.82, 2.24) is 9.78 Å². The highest BCUT2D eigenvalue weighted by atomic mass is 16.4. The van der Waals surface area contributed by atoms with Gasteiger partial charge in [0.15, 0.2) is 0 Å². The Morgan fingerprint density at radius 2 is 2.25 bits per heavy atom. The molecule has 82 valence electrons. The van der Waals surface area contributed by atoms with E-state index in [1.54, 1.807) is 29.1 Å². The first-order chi connectivity index (χ1) is 7.66. The minimum Gasteiger partial charge on any atom is -0.465 e. The van der Waals surface area contributed by atoms with Gasteiger partial charge in [-0.25, -0.2) is 4.79 Å². The molecule has 0 spiro atoms. The quantitative estimate of drug-likeness (QED) is 0.810. The third-order valence-corrected chi connectivity index (χ3v) is 2.23. The van der Waals surface area contributed by atoms with Crippen LogP contribution < -0.4 is 5.32 Å². The van der Waals surface area contributed by atoms with E-state index < -0.39 is 6.09 Å². The van der Waals surface area contributed by atoms with Gasteiger partial charge in [0.25, 0.3) is 0 Å². The molecule has 2 aromatic rings. The summed E-state index contributed by atoms with van der Waals surface area (Å²) in [7, 11) is 1.84. The summed E-state index contributed by atoms with van der Waals surface area (Å²) in [5.74, 6) is 0. The first kappa shape index (κ1) is 10.2. The van der Waals surface area contributed by atoms with Gasteiger partial charge in [-0.05, 0) is 18.2 Å². The molecule has 0 saturated heterocycles. The second kappa shape index (κ2) is 4.06. The molecule has 5 heteroatoms. The number of benzene rings is 1. The van der Waals surface area contributed by atoms with Crippen LogP contribution in [0.2, 0.25) is 0 Å². The predicted molar refractivity (Wildman–Crippen MR) is 60.3 cm³/mol. The van der Waals surface area contributed by atoms with Gasteiger partial charge in [-0.2, -0.15) is 5.10 Å². The van der Waals surface area contributed by atoms with E-state index in [1.807, 2.05) is 19.2 Å². The van der Waals surface area contributed by atoms with Crippen LogP contribution in [0, 0.1) is 0 Å². The summed E-state index contributed by atoms with van der Waals surface area (Å²) in [5, 5.41) is 15.0. The van der Waals surface area contributed by atoms with Crippen LogP contribution in [-0.4, -0.2) is 21.0 Å². The number of aromatic nitrogens is 2. The number of amides is 1. The summed E-state index contributed by atoms with van der Waals surface area (Å²) >= 11 is 0. The Kier molecular flexibility index (Phi) is 2.59. The Morgan fingerprint density at radius 1 is 1.44 bits per heavy atom. The number of nitrogens with zero attached hydrogens (tertiary/aromatic N) is 2. The molecule has 0 aliphatic carbocycles. The molecule has 0 fully saturated rings. The third-order valence-electron chi connectivity index (χ3n) is 2.23. The zero-order chi connectivity index (χ0) is 11.5. The van der Waals surface area contributed by atoms with Gasteiger partial charge in [0.2, 0.25) is 0 Å². The minimum atomic E-state index is -1.07. The normalized spacial score (nSPS) is 10.1. The van der Waals surface area contributed by atoms with Crippen LogP contribution >= 0.6 is 0 Å². The smallest absolute Gasteiger partial charge is 0.409 e. The van der Waals surface area contributed by atoms with Crippen LogP contribution in [0.3, 0.4) is 0 Å². The number of hydrogen-bond acceptors (Lipinski definition) is 2. The lowest BCUT2D eigenvalue weighted by Gasteiger charge is -2.05. The second-order valence-electron chi connectivity index (χ2n) is 3.35. The van der Waals surface area contributed by atoms with Crippen molar-refractivity contribution in [2.75, 3.05) is 5.32 Å². The zero-order valence-electron chi connectivity index (χ0n) is 8.71. The van der Waals surface area contributed by atoms with Crippen molar-refractivity contribution < 1.29 is 9.90 Å². The van der Waals surface area contributed by atoms with E-state index in [1.165, 1.54) is 0 Å². The number of rotatable bonds is 2. The molecule has 2 N–H and O–H groups in total. The fourth-order valence-electron chi connectivity index (χ4n) is 1.54. The molecular weight excluding hydrogens is 206 g/mol. The zero-order valence-corrected chi connectivity index (χ0v) is 8.71. The molecule has 2 rings (SSSR count). The number of anilines is 1. The highest BCUT2D eigenvalue weighted by molar-refractivity contribution is 5.84. The van der Waals surface area contributed by atoms with Crippen LogP contribution in [0.25, 0.3) is 11.3 Å². The maximum Gasteiger partial charge on any atom is 0.409 e. The van der Waals surface area contributed by atoms with E-state index in [4.69, 9.17) is 5.11 Å². The molecule has 1 aromatic heterocycles. The van der Waals surface area contributed by atoms with Crippen LogP contribution in [0.1, 0.15) is 0 Å². The van der Waals surface area contributed by atoms with Crippen molar-refractivity contribution in [3.05, 3.63) is 36.5 Å². The molecule has 0 aliphatic heterocycles. The van der Waals surface area contributed by atoms with Crippen LogP contribution in [0.5, 0.6) is 0 Å². The van der Waals surface area contributed by atoms with Crippen molar-refractivity contribution in [2.45, 2.75) is 0 Å². The lowest BCUT2D eigenvalue weighted by atomic mass is 10.1. The Morgan fingerprint density at radius 3 is 2.88 bits per heavy atom. The van der Waals surface area contributed by atoms with Crippen molar-refractivity contribution in [1.29, 1.82) is 0 Å². The van der Waals surface area contributed by atoms with Gasteiger partial charge in [0.05, 0.1) is 5.69 Å². The Labute approximate surface area is 92.3 Å². The first-order valence-electron chi connectivity index (χ1n) is 4.75. The average molecular weight is 217 g/mol. The number of carbonyl (C=O) groups is 1. The Balaban J connectivity index is 2.36. The van der Waals surface area contributed by atoms with Gasteiger partial charge in [-0.3, -0.25) is 10.00 Å². The van der Waals surface area contributed by atoms with E-state index in [0.717, 1.165) is 11.3 Å². The summed E-state index contributed by atoms with van der Waals surface area (Å²) in [4.78, 5) is 10.5. The van der Waals surface area contributed by atoms with Crippen LogP contribution in [0.15, 0.2) is 36.5 Å². The van der Waals surface area contributed by atoms with Crippen molar-refractivity contribution in [2.24, 2.45) is 7.05 Å². The van der Waals surface area contributed by atoms with Gasteiger partial charge < -0.3 is 5.11 Å². The molecule has 16 heavy (non-hydrogen) atoms. The topological polar surface area (TPSA) is 67.2 Å². The fraction of sp³-hybridized carbons (Fsp3) is 0.0909. The standard InChI is InChI=1S/C11H11N3O2/c1-14-10(5-6-12-14)8-3-2-4-9(7-8)13-11(15)16/h2-7,13H,1H3,(H,15,16). The summed E-state index contributed by atoms with van der Waals surface area (Å²) in [6, 6.07) is 9.05. The SMILES string of the molecule is Cn1nccc1-c1cccc(NC(=O)O)c1. The maximum atomic E-state index is 10.5. The first-order valence-corrected chi connectivity index (χ1v) is 4.75. The maximum absolute atomic E-state index is 10.5. The van der Waals surface area contributed by atoms with Gasteiger partial charge in [0.1, 0.15) is 0 Å². The van der Waals surface area contributed by atoms with Crippen molar-refractivity contribution >= 4 is 11.8 Å². The van der Waals surface area contributed by atoms with Crippen LogP contribution in [0.4, 0.5) is 10.5 Å². The van der Waals surface area contributed by atoms with Crippen LogP contribution in [-0.2, 0) is 7.05 Å². The van der Waals surface area contributed by atoms with E-state index in [0.29, 0.717) is 5.69 Å². The Hall–Kier alpha value is -2.30. The molecule has 1 aromatic carbocycles. The monoisotopic (exact) mass is 217 g/mol. The number of carboxylic acid groups (broad SMARTS) is 1. The molecule has 1 amide bonds. The summed E-state index contributed by atoms with van der Waals surface area (Å²) in [5.41, 5.74) is 2.41. The number of hydrogen-bond donors (Lipinski definition) is 2. The summed E-state index contributed by atoms with van der Waals surface area (Å²) in [6.07, 6.45) is 0.634. The molecule has 0 bridgehead atoms. The molecule has 0 saturated carbocycles. The lowest BCUT2D eigenvalue weighted by Crippen LogP contribution is -2.07. The van der Waals surface area contributed by atoms with Gasteiger partial charge in [-0.15, -0.1) is 0 Å². The largest absolute Gasteiger partial charge is 0.465 e. The van der Waals surface area contributed by atoms with Gasteiger partial charge in [-0.1, -0.05) is 12.1 Å².